The summed E-state index contributed by atoms with van der Waals surface area (Å²) >= 11 is 12.3. The molecule has 1 saturated heterocycles. The van der Waals surface area contributed by atoms with E-state index in [2.05, 4.69) is 22.9 Å². The van der Waals surface area contributed by atoms with Crippen LogP contribution in [0.25, 0.3) is 0 Å². The lowest BCUT2D eigenvalue weighted by Crippen LogP contribution is -2.44. The molecule has 0 N–H and O–H groups in total. The molecular weight excluding hydrogens is 395 g/mol. The number of para-hydroxylation sites is 1. The second kappa shape index (κ2) is 10.4. The second-order valence-corrected chi connectivity index (χ2v) is 8.07. The Balaban J connectivity index is 1.63. The third-order valence-electron chi connectivity index (χ3n) is 5.18. The lowest BCUT2D eigenvalue weighted by Gasteiger charge is -2.32. The molecule has 28 heavy (non-hydrogen) atoms. The molecule has 0 spiro atoms. The lowest BCUT2D eigenvalue weighted by molar-refractivity contribution is 0.153. The average molecular weight is 423 g/mol. The number of methoxy groups -OCH3 is 1. The Labute approximate surface area is 177 Å². The number of ether oxygens (including phenoxy) is 2. The number of benzene rings is 2. The third kappa shape index (κ3) is 5.77. The second-order valence-electron chi connectivity index (χ2n) is 7.22. The van der Waals surface area contributed by atoms with Gasteiger partial charge in [-0.3, -0.25) is 0 Å². The summed E-state index contributed by atoms with van der Waals surface area (Å²) in [6, 6.07) is 11.5. The number of piperazine rings is 1. The Morgan fingerprint density at radius 1 is 1.00 bits per heavy atom. The highest BCUT2D eigenvalue weighted by atomic mass is 35.5. The normalized spacial score (nSPS) is 15.6. The van der Waals surface area contributed by atoms with Gasteiger partial charge in [-0.2, -0.15) is 0 Å². The van der Waals surface area contributed by atoms with Gasteiger partial charge in [0.1, 0.15) is 6.61 Å². The molecule has 2 aromatic rings. The topological polar surface area (TPSA) is 24.9 Å². The molecule has 3 rings (SSSR count). The van der Waals surface area contributed by atoms with E-state index in [1.807, 2.05) is 24.3 Å². The Bertz CT molecular complexity index is 777. The molecule has 4 nitrogen and oxygen atoms in total. The monoisotopic (exact) mass is 422 g/mol. The highest BCUT2D eigenvalue weighted by Crippen LogP contribution is 2.33. The largest absolute Gasteiger partial charge is 0.493 e. The molecule has 0 bridgehead atoms. The van der Waals surface area contributed by atoms with Crippen molar-refractivity contribution >= 4 is 23.2 Å². The molecule has 1 aliphatic rings. The first-order valence-electron chi connectivity index (χ1n) is 9.70. The van der Waals surface area contributed by atoms with Gasteiger partial charge in [-0.05, 0) is 50.2 Å². The van der Waals surface area contributed by atoms with Gasteiger partial charge < -0.3 is 19.3 Å². The van der Waals surface area contributed by atoms with E-state index in [9.17, 15) is 0 Å². The zero-order valence-corrected chi connectivity index (χ0v) is 18.1. The van der Waals surface area contributed by atoms with Gasteiger partial charge in [-0.15, -0.1) is 0 Å². The van der Waals surface area contributed by atoms with Crippen LogP contribution in [0.1, 0.15) is 17.5 Å². The molecule has 1 aliphatic heterocycles. The molecule has 1 heterocycles. The number of likely N-dealkylation sites (N-methyl/N-ethyl adjacent to an activating group) is 1. The SMILES string of the molecule is COc1cccc(CCCN2CCN(C)CC2)c1OCc1ccc(Cl)cc1Cl. The van der Waals surface area contributed by atoms with Crippen molar-refractivity contribution in [2.75, 3.05) is 46.9 Å². The summed E-state index contributed by atoms with van der Waals surface area (Å²) in [5.74, 6) is 1.55. The van der Waals surface area contributed by atoms with E-state index < -0.39 is 0 Å². The summed E-state index contributed by atoms with van der Waals surface area (Å²) in [5, 5.41) is 1.23. The van der Waals surface area contributed by atoms with E-state index in [1.165, 1.54) is 5.56 Å². The maximum atomic E-state index is 6.28. The first kappa shape index (κ1) is 21.3. The number of hydrogen-bond donors (Lipinski definition) is 0. The predicted octanol–water partition coefficient (Wildman–Crippen LogP) is 4.76. The van der Waals surface area contributed by atoms with Gasteiger partial charge in [-0.1, -0.05) is 41.4 Å². The summed E-state index contributed by atoms with van der Waals surface area (Å²) in [7, 11) is 3.86. The van der Waals surface area contributed by atoms with Crippen LogP contribution in [0.15, 0.2) is 36.4 Å². The van der Waals surface area contributed by atoms with Gasteiger partial charge >= 0.3 is 0 Å². The van der Waals surface area contributed by atoms with Gasteiger partial charge in [0.05, 0.1) is 7.11 Å². The van der Waals surface area contributed by atoms with E-state index in [-0.39, 0.29) is 0 Å². The van der Waals surface area contributed by atoms with E-state index >= 15 is 0 Å². The van der Waals surface area contributed by atoms with Crippen LogP contribution in [-0.2, 0) is 13.0 Å². The third-order valence-corrected chi connectivity index (χ3v) is 5.77. The van der Waals surface area contributed by atoms with Crippen LogP contribution in [0.2, 0.25) is 10.0 Å². The van der Waals surface area contributed by atoms with Gasteiger partial charge in [0.2, 0.25) is 0 Å². The molecular formula is C22H28Cl2N2O2. The number of hydrogen-bond acceptors (Lipinski definition) is 4. The summed E-state index contributed by atoms with van der Waals surface area (Å²) in [4.78, 5) is 4.92. The molecule has 0 aliphatic carbocycles. The number of halogens is 2. The van der Waals surface area contributed by atoms with Gasteiger partial charge in [0, 0.05) is 41.8 Å². The molecule has 1 fully saturated rings. The van der Waals surface area contributed by atoms with Gasteiger partial charge in [-0.25, -0.2) is 0 Å². The van der Waals surface area contributed by atoms with Crippen molar-refractivity contribution in [3.8, 4) is 11.5 Å². The van der Waals surface area contributed by atoms with E-state index in [1.54, 1.807) is 13.2 Å². The van der Waals surface area contributed by atoms with Crippen LogP contribution < -0.4 is 9.47 Å². The van der Waals surface area contributed by atoms with E-state index in [4.69, 9.17) is 32.7 Å². The lowest BCUT2D eigenvalue weighted by atomic mass is 10.1. The average Bonchev–Trinajstić information content (AvgIpc) is 2.69. The van der Waals surface area contributed by atoms with Crippen molar-refractivity contribution in [3.63, 3.8) is 0 Å². The highest BCUT2D eigenvalue weighted by Gasteiger charge is 2.15. The van der Waals surface area contributed by atoms with Crippen molar-refractivity contribution in [1.82, 2.24) is 9.80 Å². The first-order chi connectivity index (χ1) is 13.6. The van der Waals surface area contributed by atoms with Crippen LogP contribution in [0, 0.1) is 0 Å². The fourth-order valence-electron chi connectivity index (χ4n) is 3.44. The van der Waals surface area contributed by atoms with E-state index in [0.29, 0.717) is 16.7 Å². The molecule has 0 atom stereocenters. The summed E-state index contributed by atoms with van der Waals surface area (Å²) in [6.45, 7) is 6.07. The molecule has 0 radical (unpaired) electrons. The van der Waals surface area contributed by atoms with Crippen LogP contribution in [0.3, 0.4) is 0 Å². The van der Waals surface area contributed by atoms with Crippen molar-refractivity contribution in [1.29, 1.82) is 0 Å². The summed E-state index contributed by atoms with van der Waals surface area (Å²) < 4.78 is 11.7. The Hall–Kier alpha value is -1.46. The van der Waals surface area contributed by atoms with Crippen LogP contribution in [0.5, 0.6) is 11.5 Å². The zero-order chi connectivity index (χ0) is 19.9. The van der Waals surface area contributed by atoms with Crippen molar-refractivity contribution in [3.05, 3.63) is 57.6 Å². The van der Waals surface area contributed by atoms with Crippen LogP contribution in [0.4, 0.5) is 0 Å². The Morgan fingerprint density at radius 2 is 1.79 bits per heavy atom. The molecule has 0 saturated carbocycles. The van der Waals surface area contributed by atoms with Crippen molar-refractivity contribution < 1.29 is 9.47 Å². The molecule has 0 aromatic heterocycles. The van der Waals surface area contributed by atoms with Gasteiger partial charge in [0.15, 0.2) is 11.5 Å². The standard InChI is InChI=1S/C22H28Cl2N2O2/c1-25-11-13-26(14-12-25)10-4-6-17-5-3-7-21(27-2)22(17)28-16-18-8-9-19(23)15-20(18)24/h3,5,7-9,15H,4,6,10-14,16H2,1-2H3. The minimum absolute atomic E-state index is 0.377. The summed E-state index contributed by atoms with van der Waals surface area (Å²) in [6.07, 6.45) is 2.04. The molecule has 6 heteroatoms. The van der Waals surface area contributed by atoms with Crippen LogP contribution >= 0.6 is 23.2 Å². The zero-order valence-electron chi connectivity index (χ0n) is 16.6. The van der Waals surface area contributed by atoms with Crippen molar-refractivity contribution in [2.24, 2.45) is 0 Å². The molecule has 0 amide bonds. The van der Waals surface area contributed by atoms with E-state index in [0.717, 1.165) is 62.6 Å². The summed E-state index contributed by atoms with van der Waals surface area (Å²) in [5.41, 5.74) is 2.07. The maximum Gasteiger partial charge on any atom is 0.164 e. The fourth-order valence-corrected chi connectivity index (χ4v) is 3.90. The number of nitrogens with zero attached hydrogens (tertiary/aromatic N) is 2. The smallest absolute Gasteiger partial charge is 0.164 e. The predicted molar refractivity (Wildman–Crippen MR) is 116 cm³/mol. The van der Waals surface area contributed by atoms with Crippen molar-refractivity contribution in [2.45, 2.75) is 19.4 Å². The van der Waals surface area contributed by atoms with Gasteiger partial charge in [0.25, 0.3) is 0 Å². The Kier molecular flexibility index (Phi) is 7.86. The molecule has 2 aromatic carbocycles. The molecule has 152 valence electrons. The minimum Gasteiger partial charge on any atom is -0.493 e. The van der Waals surface area contributed by atoms with Crippen LogP contribution in [-0.4, -0.2) is 56.7 Å². The first-order valence-corrected chi connectivity index (χ1v) is 10.5. The minimum atomic E-state index is 0.377. The Morgan fingerprint density at radius 3 is 2.50 bits per heavy atom. The quantitative estimate of drug-likeness (QED) is 0.611. The number of aryl methyl sites for hydroxylation is 1. The number of rotatable bonds is 8. The molecule has 0 unspecified atom stereocenters. The highest BCUT2D eigenvalue weighted by molar-refractivity contribution is 6.35. The fraction of sp³-hybridized carbons (Fsp3) is 0.455. The maximum absolute atomic E-state index is 6.28.